The molecule has 13 heteroatoms. The minimum Gasteiger partial charge on any atom is -0.507 e. The number of carbonyl (C=O) groups excluding carboxylic acids is 3. The van der Waals surface area contributed by atoms with Crippen LogP contribution in [0.1, 0.15) is 61.5 Å². The molecule has 1 heterocycles. The second kappa shape index (κ2) is 11.3. The molecule has 0 fully saturated rings. The number of fused-ring (bicyclic) bond motifs is 3. The molecule has 2 aliphatic rings. The van der Waals surface area contributed by atoms with Crippen LogP contribution in [0.5, 0.6) is 17.2 Å². The lowest BCUT2D eigenvalue weighted by atomic mass is 9.70. The zero-order valence-electron chi connectivity index (χ0n) is 21.2. The Bertz CT molecular complexity index is 1250. The molecule has 0 saturated heterocycles. The van der Waals surface area contributed by atoms with Crippen molar-refractivity contribution >= 4 is 23.3 Å². The standard InChI is InChI=1S/C23H28N2O6.C2HF3O2/c1-11-19(28)17(13(3)26)21-18(20(11)29)23(4)15(31-21)10-14(27)16(22(23)30)12(2)25-9-7-5-6-8-24;3-2(4,5)1(6)7/h10,25,28-29H,5-9,24H2,1-4H3;(H,6,7)/b16-12+;/t23-;/m0./s1. The van der Waals surface area contributed by atoms with Crippen molar-refractivity contribution in [1.29, 1.82) is 0 Å². The van der Waals surface area contributed by atoms with Gasteiger partial charge in [-0.2, -0.15) is 13.2 Å². The third kappa shape index (κ3) is 5.52. The Hall–Kier alpha value is -3.87. The van der Waals surface area contributed by atoms with Gasteiger partial charge in [0.2, 0.25) is 0 Å². The van der Waals surface area contributed by atoms with Crippen molar-refractivity contribution in [2.45, 2.75) is 58.5 Å². The highest BCUT2D eigenvalue weighted by Crippen LogP contribution is 2.57. The van der Waals surface area contributed by atoms with Gasteiger partial charge >= 0.3 is 12.1 Å². The van der Waals surface area contributed by atoms with E-state index >= 15 is 0 Å². The number of hydrogen-bond acceptors (Lipinski definition) is 9. The molecule has 0 radical (unpaired) electrons. The number of nitrogens with two attached hydrogens (primary N) is 1. The molecule has 6 N–H and O–H groups in total. The lowest BCUT2D eigenvalue weighted by Gasteiger charge is -2.29. The number of aromatic hydroxyl groups is 2. The van der Waals surface area contributed by atoms with Crippen LogP contribution in [0.2, 0.25) is 0 Å². The van der Waals surface area contributed by atoms with Crippen LogP contribution in [0.3, 0.4) is 0 Å². The van der Waals surface area contributed by atoms with Crippen LogP contribution in [-0.4, -0.2) is 57.9 Å². The summed E-state index contributed by atoms with van der Waals surface area (Å²) >= 11 is 0. The second-order valence-corrected chi connectivity index (χ2v) is 8.97. The van der Waals surface area contributed by atoms with E-state index in [2.05, 4.69) is 5.32 Å². The van der Waals surface area contributed by atoms with Crippen molar-refractivity contribution in [3.63, 3.8) is 0 Å². The number of ketones is 3. The van der Waals surface area contributed by atoms with E-state index in [1.54, 1.807) is 13.8 Å². The Morgan fingerprint density at radius 1 is 1.11 bits per heavy atom. The van der Waals surface area contributed by atoms with Crippen molar-refractivity contribution in [3.8, 4) is 17.2 Å². The van der Waals surface area contributed by atoms with E-state index in [0.717, 1.165) is 19.3 Å². The van der Waals surface area contributed by atoms with Gasteiger partial charge in [-0.1, -0.05) is 6.42 Å². The molecule has 0 amide bonds. The number of nitrogens with one attached hydrogen (secondary N) is 1. The summed E-state index contributed by atoms with van der Waals surface area (Å²) in [6.07, 6.45) is -1.19. The number of phenols is 2. The normalized spacial score (nSPS) is 19.4. The molecule has 0 spiro atoms. The summed E-state index contributed by atoms with van der Waals surface area (Å²) in [5.74, 6) is -5.08. The van der Waals surface area contributed by atoms with E-state index in [9.17, 15) is 37.8 Å². The first kappa shape index (κ1) is 30.4. The van der Waals surface area contributed by atoms with Crippen LogP contribution < -0.4 is 15.8 Å². The fourth-order valence-electron chi connectivity index (χ4n) is 4.17. The molecule has 1 aromatic rings. The lowest BCUT2D eigenvalue weighted by Crippen LogP contribution is -2.41. The number of alkyl halides is 3. The average molecular weight is 543 g/mol. The van der Waals surface area contributed by atoms with Gasteiger partial charge in [-0.25, -0.2) is 4.79 Å². The number of halogens is 3. The molecule has 1 aliphatic carbocycles. The highest BCUT2D eigenvalue weighted by Gasteiger charge is 2.56. The zero-order chi connectivity index (χ0) is 29.2. The molecule has 1 aromatic carbocycles. The number of rotatable bonds is 7. The minimum absolute atomic E-state index is 0.0176. The van der Waals surface area contributed by atoms with E-state index in [1.807, 2.05) is 0 Å². The highest BCUT2D eigenvalue weighted by atomic mass is 19.4. The monoisotopic (exact) mass is 542 g/mol. The van der Waals surface area contributed by atoms with E-state index < -0.39 is 40.7 Å². The number of unbranched alkanes of at least 4 members (excludes halogenated alkanes) is 2. The predicted octanol–water partition coefficient (Wildman–Crippen LogP) is 2.92. The maximum atomic E-state index is 13.6. The molecule has 0 unspecified atom stereocenters. The van der Waals surface area contributed by atoms with Gasteiger partial charge in [0.15, 0.2) is 17.3 Å². The predicted molar refractivity (Wildman–Crippen MR) is 128 cm³/mol. The average Bonchev–Trinajstić information content (AvgIpc) is 3.10. The second-order valence-electron chi connectivity index (χ2n) is 8.97. The summed E-state index contributed by atoms with van der Waals surface area (Å²) < 4.78 is 37.5. The quantitative estimate of drug-likeness (QED) is 0.149. The molecule has 0 aromatic heterocycles. The number of carboxylic acid groups (broad SMARTS) is 1. The van der Waals surface area contributed by atoms with E-state index in [1.165, 1.54) is 19.9 Å². The smallest absolute Gasteiger partial charge is 0.490 e. The molecule has 208 valence electrons. The van der Waals surface area contributed by atoms with Crippen LogP contribution in [0, 0.1) is 6.92 Å². The zero-order valence-corrected chi connectivity index (χ0v) is 21.2. The highest BCUT2D eigenvalue weighted by molar-refractivity contribution is 6.31. The number of hydrogen-bond donors (Lipinski definition) is 5. The molecular weight excluding hydrogens is 513 g/mol. The number of carbonyl (C=O) groups is 4. The van der Waals surface area contributed by atoms with Crippen molar-refractivity contribution in [2.24, 2.45) is 5.73 Å². The van der Waals surface area contributed by atoms with Crippen molar-refractivity contribution in [2.75, 3.05) is 13.1 Å². The maximum absolute atomic E-state index is 13.6. The van der Waals surface area contributed by atoms with Gasteiger partial charge in [-0.15, -0.1) is 0 Å². The topological polar surface area (TPSA) is 176 Å². The Balaban J connectivity index is 0.000000638. The Morgan fingerprint density at radius 2 is 1.68 bits per heavy atom. The van der Waals surface area contributed by atoms with Gasteiger partial charge in [0, 0.05) is 23.9 Å². The number of phenolic OH excluding ortho intramolecular Hbond substituents is 2. The fraction of sp³-hybridized carbons (Fsp3) is 0.440. The van der Waals surface area contributed by atoms with Crippen molar-refractivity contribution < 1.29 is 52.4 Å². The first-order chi connectivity index (χ1) is 17.5. The van der Waals surface area contributed by atoms with Crippen LogP contribution in [0.4, 0.5) is 13.2 Å². The molecule has 3 rings (SSSR count). The number of allylic oxidation sites excluding steroid dienone is 4. The third-order valence-corrected chi connectivity index (χ3v) is 6.27. The number of ether oxygens (including phenoxy) is 1. The van der Waals surface area contributed by atoms with Gasteiger partial charge in [0.25, 0.3) is 0 Å². The Kier molecular flexibility index (Phi) is 8.99. The van der Waals surface area contributed by atoms with Crippen molar-refractivity contribution in [1.82, 2.24) is 5.32 Å². The van der Waals surface area contributed by atoms with E-state index in [4.69, 9.17) is 20.4 Å². The summed E-state index contributed by atoms with van der Waals surface area (Å²) in [7, 11) is 0. The number of aliphatic carboxylic acids is 1. The van der Waals surface area contributed by atoms with E-state index in [0.29, 0.717) is 18.8 Å². The fourth-order valence-corrected chi connectivity index (χ4v) is 4.17. The summed E-state index contributed by atoms with van der Waals surface area (Å²) in [6, 6.07) is 0. The van der Waals surface area contributed by atoms with Gasteiger partial charge in [0.1, 0.15) is 34.0 Å². The molecular formula is C25H29F3N2O8. The van der Waals surface area contributed by atoms with Crippen molar-refractivity contribution in [3.05, 3.63) is 39.8 Å². The van der Waals surface area contributed by atoms with Crippen LogP contribution in [-0.2, 0) is 19.8 Å². The van der Waals surface area contributed by atoms with Gasteiger partial charge in [-0.3, -0.25) is 14.4 Å². The summed E-state index contributed by atoms with van der Waals surface area (Å²) in [5.41, 5.74) is 4.46. The van der Waals surface area contributed by atoms with Gasteiger partial charge in [0.05, 0.1) is 11.1 Å². The molecule has 1 atom stereocenters. The lowest BCUT2D eigenvalue weighted by molar-refractivity contribution is -0.192. The number of Topliss-reactive ketones (excluding diaryl/α,β-unsaturated/α-hetero) is 2. The van der Waals surface area contributed by atoms with E-state index in [-0.39, 0.29) is 39.5 Å². The Labute approximate surface area is 216 Å². The first-order valence-electron chi connectivity index (χ1n) is 11.6. The largest absolute Gasteiger partial charge is 0.507 e. The maximum Gasteiger partial charge on any atom is 0.490 e. The van der Waals surface area contributed by atoms with Crippen LogP contribution >= 0.6 is 0 Å². The number of carboxylic acids is 1. The molecule has 0 bridgehead atoms. The summed E-state index contributed by atoms with van der Waals surface area (Å²) in [4.78, 5) is 47.5. The van der Waals surface area contributed by atoms with Gasteiger partial charge < -0.3 is 31.1 Å². The molecule has 10 nitrogen and oxygen atoms in total. The summed E-state index contributed by atoms with van der Waals surface area (Å²) in [5, 5.41) is 31.4. The van der Waals surface area contributed by atoms with Crippen LogP contribution in [0.15, 0.2) is 23.1 Å². The number of benzene rings is 1. The minimum atomic E-state index is -5.08. The van der Waals surface area contributed by atoms with Gasteiger partial charge in [-0.05, 0) is 47.1 Å². The SMILES string of the molecule is CC(=O)c1c(O)c(C)c(O)c2c1OC1=CC(=O)/C(=C(/C)NCCCCCN)C(=O)[C@@]12C.O=C(O)C(F)(F)F. The summed E-state index contributed by atoms with van der Waals surface area (Å²) in [6.45, 7) is 7.12. The third-order valence-electron chi connectivity index (χ3n) is 6.27. The van der Waals surface area contributed by atoms with Crippen LogP contribution in [0.25, 0.3) is 0 Å². The Morgan fingerprint density at radius 3 is 2.18 bits per heavy atom. The molecule has 1 aliphatic heterocycles. The first-order valence-corrected chi connectivity index (χ1v) is 11.6. The molecule has 0 saturated carbocycles. The molecule has 38 heavy (non-hydrogen) atoms.